The van der Waals surface area contributed by atoms with Gasteiger partial charge in [-0.25, -0.2) is 4.79 Å². The minimum Gasteiger partial charge on any atom is -0.481 e. The number of nitrogens with zero attached hydrogens (tertiary/aromatic N) is 2. The fourth-order valence-corrected chi connectivity index (χ4v) is 3.15. The number of piperazine rings is 1. The molecule has 2 aliphatic rings. The van der Waals surface area contributed by atoms with Crippen LogP contribution in [0.2, 0.25) is 0 Å². The van der Waals surface area contributed by atoms with Gasteiger partial charge in [0.2, 0.25) is 0 Å². The molecule has 0 spiro atoms. The monoisotopic (exact) mass is 376 g/mol. The summed E-state index contributed by atoms with van der Waals surface area (Å²) in [5.41, 5.74) is 1.06. The van der Waals surface area contributed by atoms with E-state index in [2.05, 4.69) is 4.90 Å². The minimum atomic E-state index is -1.17. The van der Waals surface area contributed by atoms with Gasteiger partial charge in [-0.05, 0) is 32.4 Å². The number of carbonyl (C=O) groups excluding carboxylic acids is 2. The second-order valence-electron chi connectivity index (χ2n) is 7.76. The zero-order valence-corrected chi connectivity index (χ0v) is 15.7. The number of aliphatic carboxylic acids is 1. The van der Waals surface area contributed by atoms with Crippen LogP contribution >= 0.6 is 0 Å². The van der Waals surface area contributed by atoms with Gasteiger partial charge in [-0.1, -0.05) is 6.07 Å². The molecule has 0 aromatic heterocycles. The van der Waals surface area contributed by atoms with Gasteiger partial charge in [0, 0.05) is 44.4 Å². The van der Waals surface area contributed by atoms with E-state index >= 15 is 0 Å². The SMILES string of the molecule is CC(C)(C)OC(=O)N1CCN(c2ccc3c(c2)OC(=O)C(C(=O)O)C3)CC1. The van der Waals surface area contributed by atoms with E-state index < -0.39 is 23.5 Å². The largest absolute Gasteiger partial charge is 0.481 e. The summed E-state index contributed by atoms with van der Waals surface area (Å²) in [4.78, 5) is 38.9. The van der Waals surface area contributed by atoms with E-state index in [1.807, 2.05) is 26.8 Å². The molecule has 1 aromatic rings. The van der Waals surface area contributed by atoms with Crippen LogP contribution in [0.4, 0.5) is 10.5 Å². The fourth-order valence-electron chi connectivity index (χ4n) is 3.15. The van der Waals surface area contributed by atoms with Crippen molar-refractivity contribution in [3.8, 4) is 5.75 Å². The number of rotatable bonds is 2. The number of ether oxygens (including phenoxy) is 2. The molecule has 146 valence electrons. The normalized spacial score (nSPS) is 20.0. The van der Waals surface area contributed by atoms with Gasteiger partial charge in [0.25, 0.3) is 0 Å². The van der Waals surface area contributed by atoms with Crippen molar-refractivity contribution in [1.29, 1.82) is 0 Å². The van der Waals surface area contributed by atoms with Crippen LogP contribution in [0.25, 0.3) is 0 Å². The molecular weight excluding hydrogens is 352 g/mol. The standard InChI is InChI=1S/C19H24N2O6/c1-19(2,3)27-18(25)21-8-6-20(7-9-21)13-5-4-12-10-14(16(22)23)17(24)26-15(12)11-13/h4-5,11,14H,6-10H2,1-3H3,(H,22,23). The van der Waals surface area contributed by atoms with Gasteiger partial charge in [0.1, 0.15) is 11.4 Å². The molecular formula is C19H24N2O6. The summed E-state index contributed by atoms with van der Waals surface area (Å²) >= 11 is 0. The molecule has 0 radical (unpaired) electrons. The highest BCUT2D eigenvalue weighted by atomic mass is 16.6. The Balaban J connectivity index is 1.64. The highest BCUT2D eigenvalue weighted by molar-refractivity contribution is 5.96. The fraction of sp³-hybridized carbons (Fsp3) is 0.526. The van der Waals surface area contributed by atoms with E-state index in [4.69, 9.17) is 14.6 Å². The van der Waals surface area contributed by atoms with Crippen LogP contribution in [-0.4, -0.2) is 59.8 Å². The highest BCUT2D eigenvalue weighted by Crippen LogP contribution is 2.32. The topological polar surface area (TPSA) is 96.4 Å². The van der Waals surface area contributed by atoms with Gasteiger partial charge in [-0.15, -0.1) is 0 Å². The molecule has 1 N–H and O–H groups in total. The lowest BCUT2D eigenvalue weighted by atomic mass is 9.96. The smallest absolute Gasteiger partial charge is 0.410 e. The molecule has 1 saturated heterocycles. The van der Waals surface area contributed by atoms with Crippen molar-refractivity contribution >= 4 is 23.7 Å². The molecule has 1 atom stereocenters. The first-order valence-corrected chi connectivity index (χ1v) is 8.94. The number of hydrogen-bond donors (Lipinski definition) is 1. The molecule has 2 heterocycles. The molecule has 1 fully saturated rings. The van der Waals surface area contributed by atoms with Crippen LogP contribution in [0.3, 0.4) is 0 Å². The molecule has 0 bridgehead atoms. The van der Waals surface area contributed by atoms with Crippen molar-refractivity contribution in [2.75, 3.05) is 31.1 Å². The molecule has 27 heavy (non-hydrogen) atoms. The Bertz CT molecular complexity index is 762. The van der Waals surface area contributed by atoms with Gasteiger partial charge < -0.3 is 24.4 Å². The molecule has 3 rings (SSSR count). The maximum absolute atomic E-state index is 12.2. The van der Waals surface area contributed by atoms with Crippen molar-refractivity contribution in [1.82, 2.24) is 4.90 Å². The summed E-state index contributed by atoms with van der Waals surface area (Å²) < 4.78 is 10.6. The third-order valence-corrected chi connectivity index (χ3v) is 4.56. The first-order chi connectivity index (χ1) is 12.6. The number of amides is 1. The van der Waals surface area contributed by atoms with Gasteiger partial charge in [-0.2, -0.15) is 0 Å². The summed E-state index contributed by atoms with van der Waals surface area (Å²) in [5, 5.41) is 9.08. The Morgan fingerprint density at radius 3 is 2.44 bits per heavy atom. The Morgan fingerprint density at radius 1 is 1.19 bits per heavy atom. The average molecular weight is 376 g/mol. The van der Waals surface area contributed by atoms with Gasteiger partial charge in [0.05, 0.1) is 0 Å². The van der Waals surface area contributed by atoms with E-state index in [1.54, 1.807) is 17.0 Å². The van der Waals surface area contributed by atoms with Crippen LogP contribution in [0.1, 0.15) is 26.3 Å². The number of hydrogen-bond acceptors (Lipinski definition) is 6. The van der Waals surface area contributed by atoms with Crippen LogP contribution in [0.5, 0.6) is 5.75 Å². The lowest BCUT2D eigenvalue weighted by molar-refractivity contribution is -0.153. The van der Waals surface area contributed by atoms with Crippen LogP contribution in [0.15, 0.2) is 18.2 Å². The van der Waals surface area contributed by atoms with E-state index in [0.717, 1.165) is 5.69 Å². The van der Waals surface area contributed by atoms with Crippen LogP contribution in [-0.2, 0) is 20.7 Å². The number of carboxylic acid groups (broad SMARTS) is 1. The van der Waals surface area contributed by atoms with Gasteiger partial charge >= 0.3 is 18.0 Å². The average Bonchev–Trinajstić information content (AvgIpc) is 2.59. The number of carbonyl (C=O) groups is 3. The zero-order chi connectivity index (χ0) is 19.8. The third-order valence-electron chi connectivity index (χ3n) is 4.56. The van der Waals surface area contributed by atoms with E-state index in [0.29, 0.717) is 37.5 Å². The molecule has 8 nitrogen and oxygen atoms in total. The van der Waals surface area contributed by atoms with Crippen molar-refractivity contribution in [3.05, 3.63) is 23.8 Å². The number of carboxylic acids is 1. The van der Waals surface area contributed by atoms with E-state index in [1.165, 1.54) is 0 Å². The second kappa shape index (κ2) is 7.09. The maximum atomic E-state index is 12.2. The first kappa shape index (κ1) is 19.0. The summed E-state index contributed by atoms with van der Waals surface area (Å²) in [6, 6.07) is 5.45. The van der Waals surface area contributed by atoms with Crippen molar-refractivity contribution < 1.29 is 29.0 Å². The number of benzene rings is 1. The van der Waals surface area contributed by atoms with Crippen molar-refractivity contribution in [2.24, 2.45) is 5.92 Å². The third kappa shape index (κ3) is 4.32. The Kier molecular flexibility index (Phi) is 4.99. The van der Waals surface area contributed by atoms with Gasteiger partial charge in [0.15, 0.2) is 5.92 Å². The number of esters is 1. The Morgan fingerprint density at radius 2 is 1.85 bits per heavy atom. The predicted molar refractivity (Wildman–Crippen MR) is 96.9 cm³/mol. The lowest BCUT2D eigenvalue weighted by Gasteiger charge is -2.37. The van der Waals surface area contributed by atoms with Crippen LogP contribution < -0.4 is 9.64 Å². The second-order valence-corrected chi connectivity index (χ2v) is 7.76. The van der Waals surface area contributed by atoms with Crippen LogP contribution in [0, 0.1) is 5.92 Å². The highest BCUT2D eigenvalue weighted by Gasteiger charge is 2.34. The minimum absolute atomic E-state index is 0.135. The first-order valence-electron chi connectivity index (χ1n) is 8.94. The summed E-state index contributed by atoms with van der Waals surface area (Å²) in [6.45, 7) is 7.84. The molecule has 8 heteroatoms. The summed E-state index contributed by atoms with van der Waals surface area (Å²) in [5.74, 6) is -2.65. The van der Waals surface area contributed by atoms with E-state index in [-0.39, 0.29) is 12.5 Å². The molecule has 1 aromatic carbocycles. The van der Waals surface area contributed by atoms with Crippen molar-refractivity contribution in [3.63, 3.8) is 0 Å². The lowest BCUT2D eigenvalue weighted by Crippen LogP contribution is -2.50. The zero-order valence-electron chi connectivity index (χ0n) is 15.7. The van der Waals surface area contributed by atoms with Crippen molar-refractivity contribution in [2.45, 2.75) is 32.8 Å². The Hall–Kier alpha value is -2.77. The predicted octanol–water partition coefficient (Wildman–Crippen LogP) is 1.91. The molecule has 0 aliphatic carbocycles. The molecule has 2 aliphatic heterocycles. The number of anilines is 1. The van der Waals surface area contributed by atoms with Gasteiger partial charge in [-0.3, -0.25) is 9.59 Å². The Labute approximate surface area is 157 Å². The molecule has 0 saturated carbocycles. The summed E-state index contributed by atoms with van der Waals surface area (Å²) in [7, 11) is 0. The quantitative estimate of drug-likeness (QED) is 0.478. The van der Waals surface area contributed by atoms with E-state index in [9.17, 15) is 14.4 Å². The molecule has 1 unspecified atom stereocenters. The molecule has 1 amide bonds. The maximum Gasteiger partial charge on any atom is 0.410 e. The number of fused-ring (bicyclic) bond motifs is 1. The summed E-state index contributed by atoms with van der Waals surface area (Å²) in [6.07, 6.45) is -0.183.